The number of nitrogens with one attached hydrogen (secondary N) is 1. The van der Waals surface area contributed by atoms with Crippen LogP contribution in [0.25, 0.3) is 0 Å². The fourth-order valence-electron chi connectivity index (χ4n) is 3.89. The quantitative estimate of drug-likeness (QED) is 0.467. The summed E-state index contributed by atoms with van der Waals surface area (Å²) in [4.78, 5) is 32.5. The maximum absolute atomic E-state index is 13.4. The van der Waals surface area contributed by atoms with Gasteiger partial charge in [-0.3, -0.25) is 14.5 Å². The van der Waals surface area contributed by atoms with Crippen molar-refractivity contribution in [2.75, 3.05) is 18.7 Å². The van der Waals surface area contributed by atoms with Crippen LogP contribution in [0.1, 0.15) is 18.9 Å². The first-order valence-corrected chi connectivity index (χ1v) is 12.5. The molecule has 0 radical (unpaired) electrons. The molecular formula is C27H25N3O5S. The highest BCUT2D eigenvalue weighted by atomic mass is 32.2. The topological polar surface area (TPSA) is 89.5 Å². The van der Waals surface area contributed by atoms with Gasteiger partial charge in [-0.05, 0) is 61.0 Å². The number of benzene rings is 3. The van der Waals surface area contributed by atoms with Gasteiger partial charge in [-0.15, -0.1) is 0 Å². The summed E-state index contributed by atoms with van der Waals surface area (Å²) in [6, 6.07) is 22.2. The number of hydrogen-bond donors (Lipinski definition) is 1. The molecule has 0 spiro atoms. The van der Waals surface area contributed by atoms with Crippen LogP contribution in [0.3, 0.4) is 0 Å². The summed E-state index contributed by atoms with van der Waals surface area (Å²) in [5, 5.41) is 2.82. The Bertz CT molecular complexity index is 1280. The van der Waals surface area contributed by atoms with E-state index in [0.717, 1.165) is 11.3 Å². The van der Waals surface area contributed by atoms with Gasteiger partial charge in [0.25, 0.3) is 0 Å². The van der Waals surface area contributed by atoms with Crippen molar-refractivity contribution in [2.45, 2.75) is 25.1 Å². The van der Waals surface area contributed by atoms with Crippen molar-refractivity contribution in [3.8, 4) is 17.2 Å². The van der Waals surface area contributed by atoms with Crippen molar-refractivity contribution in [1.82, 2.24) is 4.90 Å². The summed E-state index contributed by atoms with van der Waals surface area (Å²) in [7, 11) is 0. The molecule has 5 rings (SSSR count). The van der Waals surface area contributed by atoms with Crippen LogP contribution in [0.2, 0.25) is 0 Å². The molecule has 0 aromatic heterocycles. The fraction of sp³-hybridized carbons (Fsp3) is 0.222. The zero-order valence-electron chi connectivity index (χ0n) is 19.7. The van der Waals surface area contributed by atoms with E-state index in [1.165, 1.54) is 11.8 Å². The van der Waals surface area contributed by atoms with E-state index < -0.39 is 5.25 Å². The highest BCUT2D eigenvalue weighted by molar-refractivity contribution is 8.15. The van der Waals surface area contributed by atoms with E-state index in [1.54, 1.807) is 4.90 Å². The summed E-state index contributed by atoms with van der Waals surface area (Å²) < 4.78 is 16.4. The number of aliphatic imine (C=N–C) groups is 1. The number of fused-ring (bicyclic) bond motifs is 1. The summed E-state index contributed by atoms with van der Waals surface area (Å²) >= 11 is 1.30. The molecule has 1 saturated heterocycles. The van der Waals surface area contributed by atoms with Gasteiger partial charge in [0, 0.05) is 12.1 Å². The number of thioether (sulfide) groups is 1. The highest BCUT2D eigenvalue weighted by Gasteiger charge is 2.39. The van der Waals surface area contributed by atoms with Gasteiger partial charge in [-0.25, -0.2) is 4.99 Å². The van der Waals surface area contributed by atoms with Crippen molar-refractivity contribution in [2.24, 2.45) is 4.99 Å². The first-order chi connectivity index (χ1) is 17.6. The summed E-state index contributed by atoms with van der Waals surface area (Å²) in [6.07, 6.45) is 0.0400. The Balaban J connectivity index is 1.37. The number of rotatable bonds is 8. The molecule has 3 aromatic rings. The van der Waals surface area contributed by atoms with Gasteiger partial charge in [0.15, 0.2) is 16.7 Å². The van der Waals surface area contributed by atoms with E-state index >= 15 is 0 Å². The van der Waals surface area contributed by atoms with Crippen LogP contribution in [0.5, 0.6) is 17.2 Å². The number of hydrogen-bond acceptors (Lipinski definition) is 7. The van der Waals surface area contributed by atoms with E-state index in [4.69, 9.17) is 19.2 Å². The van der Waals surface area contributed by atoms with Crippen molar-refractivity contribution < 1.29 is 23.8 Å². The Labute approximate surface area is 213 Å². The van der Waals surface area contributed by atoms with Crippen molar-refractivity contribution in [3.05, 3.63) is 78.4 Å². The van der Waals surface area contributed by atoms with Gasteiger partial charge < -0.3 is 19.5 Å². The first-order valence-electron chi connectivity index (χ1n) is 11.6. The number of anilines is 1. The molecule has 1 fully saturated rings. The molecule has 1 atom stereocenters. The maximum Gasteiger partial charge on any atom is 0.242 e. The molecule has 2 heterocycles. The summed E-state index contributed by atoms with van der Waals surface area (Å²) in [5.74, 6) is 1.70. The molecule has 9 heteroatoms. The van der Waals surface area contributed by atoms with Crippen molar-refractivity contribution in [1.29, 1.82) is 0 Å². The largest absolute Gasteiger partial charge is 0.494 e. The summed E-state index contributed by atoms with van der Waals surface area (Å²) in [6.45, 7) is 2.99. The molecule has 36 heavy (non-hydrogen) atoms. The number of para-hydroxylation sites is 1. The van der Waals surface area contributed by atoms with Crippen LogP contribution in [0.4, 0.5) is 11.4 Å². The number of carbonyl (C=O) groups excluding carboxylic acids is 2. The monoisotopic (exact) mass is 503 g/mol. The minimum Gasteiger partial charge on any atom is -0.494 e. The average molecular weight is 504 g/mol. The number of carbonyl (C=O) groups is 2. The number of nitrogens with zero attached hydrogens (tertiary/aromatic N) is 2. The third-order valence-corrected chi connectivity index (χ3v) is 6.77. The van der Waals surface area contributed by atoms with Crippen LogP contribution >= 0.6 is 11.8 Å². The lowest BCUT2D eigenvalue weighted by atomic mass is 10.1. The first kappa shape index (κ1) is 23.7. The molecule has 0 bridgehead atoms. The standard InChI is InChI=1S/C27H25N3O5S/c1-2-33-21-11-9-20(10-12-21)29-27-30(16-18-8-13-22-23(14-18)35-17-34-22)26(32)24(36-27)15-25(31)28-19-6-4-3-5-7-19/h3-14,24H,2,15-17H2,1H3,(H,28,31). The van der Waals surface area contributed by atoms with Crippen LogP contribution < -0.4 is 19.5 Å². The van der Waals surface area contributed by atoms with E-state index in [2.05, 4.69) is 5.32 Å². The maximum atomic E-state index is 13.4. The number of amides is 2. The van der Waals surface area contributed by atoms with Crippen LogP contribution in [-0.2, 0) is 16.1 Å². The molecule has 8 nitrogen and oxygen atoms in total. The lowest BCUT2D eigenvalue weighted by Gasteiger charge is -2.17. The normalized spacial score (nSPS) is 17.5. The van der Waals surface area contributed by atoms with Gasteiger partial charge in [0.2, 0.25) is 18.6 Å². The SMILES string of the molecule is CCOc1ccc(N=C2SC(CC(=O)Nc3ccccc3)C(=O)N2Cc2ccc3c(c2)OCO3)cc1. The molecule has 0 aliphatic carbocycles. The smallest absolute Gasteiger partial charge is 0.242 e. The molecule has 1 unspecified atom stereocenters. The van der Waals surface area contributed by atoms with E-state index in [9.17, 15) is 9.59 Å². The van der Waals surface area contributed by atoms with Gasteiger partial charge in [-0.1, -0.05) is 36.0 Å². The Morgan fingerprint density at radius 1 is 1.08 bits per heavy atom. The minimum absolute atomic E-state index is 0.0400. The zero-order chi connectivity index (χ0) is 24.9. The van der Waals surface area contributed by atoms with E-state index in [-0.39, 0.29) is 25.0 Å². The predicted molar refractivity (Wildman–Crippen MR) is 139 cm³/mol. The Kier molecular flexibility index (Phi) is 7.08. The van der Waals surface area contributed by atoms with E-state index in [0.29, 0.717) is 41.2 Å². The second-order valence-electron chi connectivity index (χ2n) is 8.16. The lowest BCUT2D eigenvalue weighted by Crippen LogP contribution is -2.33. The lowest BCUT2D eigenvalue weighted by molar-refractivity contribution is -0.128. The van der Waals surface area contributed by atoms with Crippen LogP contribution in [0, 0.1) is 0 Å². The fourth-order valence-corrected chi connectivity index (χ4v) is 5.05. The van der Waals surface area contributed by atoms with Gasteiger partial charge in [0.1, 0.15) is 11.0 Å². The second kappa shape index (κ2) is 10.7. The average Bonchev–Trinajstić information content (AvgIpc) is 3.46. The number of amidine groups is 1. The molecule has 0 saturated carbocycles. The summed E-state index contributed by atoms with van der Waals surface area (Å²) in [5.41, 5.74) is 2.26. The highest BCUT2D eigenvalue weighted by Crippen LogP contribution is 2.36. The van der Waals surface area contributed by atoms with Crippen molar-refractivity contribution in [3.63, 3.8) is 0 Å². The zero-order valence-corrected chi connectivity index (χ0v) is 20.5. The molecule has 2 amide bonds. The van der Waals surface area contributed by atoms with Crippen LogP contribution in [-0.4, -0.2) is 40.5 Å². The molecule has 2 aliphatic rings. The van der Waals surface area contributed by atoms with Gasteiger partial charge in [-0.2, -0.15) is 0 Å². The molecule has 3 aromatic carbocycles. The Morgan fingerprint density at radius 3 is 2.64 bits per heavy atom. The third kappa shape index (κ3) is 5.46. The Hall–Kier alpha value is -3.98. The van der Waals surface area contributed by atoms with Crippen molar-refractivity contribution >= 4 is 40.1 Å². The molecular weight excluding hydrogens is 478 g/mol. The second-order valence-corrected chi connectivity index (χ2v) is 9.33. The van der Waals surface area contributed by atoms with E-state index in [1.807, 2.05) is 79.7 Å². The molecule has 2 aliphatic heterocycles. The predicted octanol–water partition coefficient (Wildman–Crippen LogP) is 4.97. The van der Waals surface area contributed by atoms with Crippen LogP contribution in [0.15, 0.2) is 77.8 Å². The van der Waals surface area contributed by atoms with Gasteiger partial charge >= 0.3 is 0 Å². The minimum atomic E-state index is -0.579. The van der Waals surface area contributed by atoms with Gasteiger partial charge in [0.05, 0.1) is 18.8 Å². The Morgan fingerprint density at radius 2 is 1.86 bits per heavy atom. The molecule has 184 valence electrons. The molecule has 1 N–H and O–H groups in total. The third-order valence-electron chi connectivity index (χ3n) is 5.60. The number of ether oxygens (including phenoxy) is 3.